The molecule has 3 heteroatoms. The predicted octanol–water partition coefficient (Wildman–Crippen LogP) is 2.29. The van der Waals surface area contributed by atoms with Crippen LogP contribution in [0.25, 0.3) is 11.0 Å². The van der Waals surface area contributed by atoms with E-state index in [-0.39, 0.29) is 0 Å². The van der Waals surface area contributed by atoms with E-state index in [1.165, 1.54) is 18.4 Å². The molecule has 1 heterocycles. The van der Waals surface area contributed by atoms with Crippen molar-refractivity contribution in [3.05, 3.63) is 23.8 Å². The van der Waals surface area contributed by atoms with Crippen molar-refractivity contribution < 1.29 is 4.52 Å². The molecule has 0 amide bonds. The minimum atomic E-state index is 0.498. The number of nitrogen functional groups attached to an aromatic ring is 1. The molecule has 0 spiro atoms. The van der Waals surface area contributed by atoms with Crippen molar-refractivity contribution in [2.24, 2.45) is 0 Å². The van der Waals surface area contributed by atoms with Crippen molar-refractivity contribution in [2.75, 3.05) is 5.73 Å². The number of para-hydroxylation sites is 1. The van der Waals surface area contributed by atoms with E-state index in [0.29, 0.717) is 11.7 Å². The fourth-order valence-corrected chi connectivity index (χ4v) is 1.72. The summed E-state index contributed by atoms with van der Waals surface area (Å²) in [6.07, 6.45) is 2.53. The number of fused-ring (bicyclic) bond motifs is 1. The van der Waals surface area contributed by atoms with Crippen LogP contribution in [0, 0.1) is 0 Å². The Morgan fingerprint density at radius 3 is 3.00 bits per heavy atom. The van der Waals surface area contributed by atoms with Crippen LogP contribution in [0.5, 0.6) is 0 Å². The zero-order valence-electron chi connectivity index (χ0n) is 7.16. The standard InChI is InChI=1S/C10H10N2O/c11-10-8-3-1-2-7(6-4-5-6)9(8)13-12-10/h1-3,6H,4-5H2,(H2,11,12). The highest BCUT2D eigenvalue weighted by molar-refractivity contribution is 5.89. The smallest absolute Gasteiger partial charge is 0.174 e. The fourth-order valence-electron chi connectivity index (χ4n) is 1.72. The van der Waals surface area contributed by atoms with E-state index in [9.17, 15) is 0 Å². The van der Waals surface area contributed by atoms with Crippen molar-refractivity contribution in [3.8, 4) is 0 Å². The monoisotopic (exact) mass is 174 g/mol. The molecule has 13 heavy (non-hydrogen) atoms. The normalized spacial score (nSPS) is 16.6. The van der Waals surface area contributed by atoms with Gasteiger partial charge in [0.1, 0.15) is 0 Å². The van der Waals surface area contributed by atoms with Gasteiger partial charge in [-0.2, -0.15) is 0 Å². The number of aromatic nitrogens is 1. The number of hydrogen-bond acceptors (Lipinski definition) is 3. The van der Waals surface area contributed by atoms with Crippen molar-refractivity contribution >= 4 is 16.8 Å². The predicted molar refractivity (Wildman–Crippen MR) is 50.4 cm³/mol. The molecular weight excluding hydrogens is 164 g/mol. The van der Waals surface area contributed by atoms with Crippen molar-refractivity contribution in [3.63, 3.8) is 0 Å². The summed E-state index contributed by atoms with van der Waals surface area (Å²) in [5.41, 5.74) is 7.80. The summed E-state index contributed by atoms with van der Waals surface area (Å²) in [5.74, 6) is 1.17. The zero-order valence-corrected chi connectivity index (χ0v) is 7.16. The minimum absolute atomic E-state index is 0.498. The van der Waals surface area contributed by atoms with Gasteiger partial charge in [-0.1, -0.05) is 17.3 Å². The van der Waals surface area contributed by atoms with Crippen LogP contribution < -0.4 is 5.73 Å². The molecule has 0 radical (unpaired) electrons. The number of benzene rings is 1. The van der Waals surface area contributed by atoms with E-state index in [1.807, 2.05) is 12.1 Å². The maximum Gasteiger partial charge on any atom is 0.174 e. The highest BCUT2D eigenvalue weighted by Crippen LogP contribution is 2.43. The first-order valence-corrected chi connectivity index (χ1v) is 4.50. The van der Waals surface area contributed by atoms with Gasteiger partial charge in [0.25, 0.3) is 0 Å². The second-order valence-electron chi connectivity index (χ2n) is 3.57. The molecule has 1 aliphatic rings. The summed E-state index contributed by atoms with van der Waals surface area (Å²) >= 11 is 0. The van der Waals surface area contributed by atoms with Crippen LogP contribution in [0.2, 0.25) is 0 Å². The van der Waals surface area contributed by atoms with Crippen LogP contribution in [0.15, 0.2) is 22.7 Å². The SMILES string of the molecule is Nc1noc2c(C3CC3)cccc12. The summed E-state index contributed by atoms with van der Waals surface area (Å²) in [5, 5.41) is 4.72. The van der Waals surface area contributed by atoms with Crippen molar-refractivity contribution in [1.29, 1.82) is 0 Å². The summed E-state index contributed by atoms with van der Waals surface area (Å²) in [6, 6.07) is 6.07. The number of nitrogens with zero attached hydrogens (tertiary/aromatic N) is 1. The van der Waals surface area contributed by atoms with Gasteiger partial charge in [-0.05, 0) is 24.8 Å². The van der Waals surface area contributed by atoms with E-state index in [1.54, 1.807) is 0 Å². The highest BCUT2D eigenvalue weighted by atomic mass is 16.5. The summed E-state index contributed by atoms with van der Waals surface area (Å²) in [7, 11) is 0. The van der Waals surface area contributed by atoms with Gasteiger partial charge in [0.2, 0.25) is 0 Å². The molecular formula is C10H10N2O. The second kappa shape index (κ2) is 2.25. The third-order valence-electron chi connectivity index (χ3n) is 2.57. The Hall–Kier alpha value is -1.51. The van der Waals surface area contributed by atoms with Gasteiger partial charge >= 0.3 is 0 Å². The Morgan fingerprint density at radius 2 is 2.23 bits per heavy atom. The molecule has 3 nitrogen and oxygen atoms in total. The summed E-state index contributed by atoms with van der Waals surface area (Å²) < 4.78 is 5.21. The lowest BCUT2D eigenvalue weighted by molar-refractivity contribution is 0.458. The number of nitrogens with two attached hydrogens (primary N) is 1. The maximum atomic E-state index is 5.66. The summed E-state index contributed by atoms with van der Waals surface area (Å²) in [6.45, 7) is 0. The fraction of sp³-hybridized carbons (Fsp3) is 0.300. The molecule has 3 rings (SSSR count). The average Bonchev–Trinajstić information content (AvgIpc) is 2.92. The lowest BCUT2D eigenvalue weighted by atomic mass is 10.1. The Bertz CT molecular complexity index is 457. The third-order valence-corrected chi connectivity index (χ3v) is 2.57. The largest absolute Gasteiger partial charge is 0.380 e. The van der Waals surface area contributed by atoms with Crippen LogP contribution in [0.1, 0.15) is 24.3 Å². The minimum Gasteiger partial charge on any atom is -0.380 e. The molecule has 0 atom stereocenters. The van der Waals surface area contributed by atoms with E-state index in [2.05, 4.69) is 11.2 Å². The van der Waals surface area contributed by atoms with Gasteiger partial charge in [-0.15, -0.1) is 0 Å². The number of rotatable bonds is 1. The van der Waals surface area contributed by atoms with Gasteiger partial charge in [-0.25, -0.2) is 0 Å². The van der Waals surface area contributed by atoms with E-state index < -0.39 is 0 Å². The lowest BCUT2D eigenvalue weighted by Crippen LogP contribution is -1.84. The van der Waals surface area contributed by atoms with E-state index in [0.717, 1.165) is 11.0 Å². The highest BCUT2D eigenvalue weighted by Gasteiger charge is 2.27. The van der Waals surface area contributed by atoms with E-state index >= 15 is 0 Å². The molecule has 1 saturated carbocycles. The summed E-state index contributed by atoms with van der Waals surface area (Å²) in [4.78, 5) is 0. The molecule has 1 fully saturated rings. The Labute approximate surface area is 75.5 Å². The van der Waals surface area contributed by atoms with Gasteiger partial charge in [0.05, 0.1) is 5.39 Å². The van der Waals surface area contributed by atoms with Crippen LogP contribution in [-0.4, -0.2) is 5.16 Å². The van der Waals surface area contributed by atoms with Gasteiger partial charge in [0.15, 0.2) is 11.4 Å². The third kappa shape index (κ3) is 0.932. The molecule has 2 aromatic rings. The van der Waals surface area contributed by atoms with Gasteiger partial charge < -0.3 is 10.3 Å². The second-order valence-corrected chi connectivity index (χ2v) is 3.57. The van der Waals surface area contributed by atoms with Crippen LogP contribution in [0.4, 0.5) is 5.82 Å². The molecule has 2 N–H and O–H groups in total. The number of anilines is 1. The van der Waals surface area contributed by atoms with Gasteiger partial charge in [0, 0.05) is 5.56 Å². The first kappa shape index (κ1) is 6.95. The van der Waals surface area contributed by atoms with E-state index in [4.69, 9.17) is 10.3 Å². The van der Waals surface area contributed by atoms with Crippen LogP contribution in [-0.2, 0) is 0 Å². The first-order valence-electron chi connectivity index (χ1n) is 4.50. The molecule has 0 saturated heterocycles. The van der Waals surface area contributed by atoms with Crippen LogP contribution >= 0.6 is 0 Å². The molecule has 0 bridgehead atoms. The topological polar surface area (TPSA) is 52.0 Å². The molecule has 66 valence electrons. The van der Waals surface area contributed by atoms with Crippen molar-refractivity contribution in [2.45, 2.75) is 18.8 Å². The Kier molecular flexibility index (Phi) is 1.20. The van der Waals surface area contributed by atoms with Gasteiger partial charge in [-0.3, -0.25) is 0 Å². The Balaban J connectivity index is 2.33. The maximum absolute atomic E-state index is 5.66. The average molecular weight is 174 g/mol. The lowest BCUT2D eigenvalue weighted by Gasteiger charge is -1.96. The molecule has 1 aliphatic carbocycles. The first-order chi connectivity index (χ1) is 6.36. The van der Waals surface area contributed by atoms with Crippen LogP contribution in [0.3, 0.4) is 0 Å². The quantitative estimate of drug-likeness (QED) is 0.721. The van der Waals surface area contributed by atoms with Crippen molar-refractivity contribution in [1.82, 2.24) is 5.16 Å². The number of hydrogen-bond donors (Lipinski definition) is 1. The Morgan fingerprint density at radius 1 is 1.38 bits per heavy atom. The molecule has 0 aliphatic heterocycles. The zero-order chi connectivity index (χ0) is 8.84. The molecule has 1 aromatic heterocycles. The molecule has 0 unspecified atom stereocenters. The molecule has 1 aromatic carbocycles.